The van der Waals surface area contributed by atoms with Crippen LogP contribution < -0.4 is 5.32 Å². The van der Waals surface area contributed by atoms with Gasteiger partial charge in [0.15, 0.2) is 5.82 Å². The lowest BCUT2D eigenvalue weighted by molar-refractivity contribution is 0.969. The summed E-state index contributed by atoms with van der Waals surface area (Å²) in [4.78, 5) is 0.754. The highest BCUT2D eigenvalue weighted by Crippen LogP contribution is 2.29. The minimum Gasteiger partial charge on any atom is -0.330 e. The molecule has 0 fully saturated rings. The molecule has 22 heavy (non-hydrogen) atoms. The molecule has 0 radical (unpaired) electrons. The summed E-state index contributed by atoms with van der Waals surface area (Å²) in [5.41, 5.74) is 1.96. The van der Waals surface area contributed by atoms with E-state index in [1.807, 2.05) is 54.6 Å². The van der Waals surface area contributed by atoms with Crippen LogP contribution in [0.2, 0.25) is 0 Å². The fourth-order valence-electron chi connectivity index (χ4n) is 2.12. The van der Waals surface area contributed by atoms with Crippen molar-refractivity contribution in [3.8, 4) is 11.4 Å². The second-order valence-corrected chi connectivity index (χ2v) is 6.41. The SMILES string of the molecule is Brc1ccccc1-c1nnc2sc(Nc3ccccc3)nn12. The molecule has 2 heterocycles. The zero-order valence-electron chi connectivity index (χ0n) is 11.3. The quantitative estimate of drug-likeness (QED) is 0.581. The molecule has 108 valence electrons. The van der Waals surface area contributed by atoms with Crippen LogP contribution in [-0.4, -0.2) is 19.8 Å². The van der Waals surface area contributed by atoms with E-state index in [1.165, 1.54) is 11.3 Å². The molecule has 0 saturated carbocycles. The van der Waals surface area contributed by atoms with E-state index in [1.54, 1.807) is 4.52 Å². The molecule has 4 aromatic rings. The van der Waals surface area contributed by atoms with Crippen LogP contribution in [0.15, 0.2) is 59.1 Å². The standard InChI is InChI=1S/C15H10BrN5S/c16-12-9-5-4-8-11(12)13-18-19-15-21(13)20-14(22-15)17-10-6-2-1-3-7-10/h1-9H,(H,17,20). The Hall–Kier alpha value is -2.25. The molecule has 0 amide bonds. The van der Waals surface area contributed by atoms with Crippen LogP contribution >= 0.6 is 27.3 Å². The minimum absolute atomic E-state index is 0.722. The van der Waals surface area contributed by atoms with Crippen molar-refractivity contribution in [3.63, 3.8) is 0 Å². The van der Waals surface area contributed by atoms with E-state index in [2.05, 4.69) is 36.5 Å². The molecule has 0 saturated heterocycles. The number of nitrogens with zero attached hydrogens (tertiary/aromatic N) is 4. The van der Waals surface area contributed by atoms with Crippen LogP contribution in [0.3, 0.4) is 0 Å². The number of rotatable bonds is 3. The van der Waals surface area contributed by atoms with E-state index in [9.17, 15) is 0 Å². The number of nitrogens with one attached hydrogen (secondary N) is 1. The Balaban J connectivity index is 1.75. The molecule has 0 unspecified atom stereocenters. The first kappa shape index (κ1) is 13.4. The average Bonchev–Trinajstić information content (AvgIpc) is 3.09. The third-order valence-corrected chi connectivity index (χ3v) is 4.64. The van der Waals surface area contributed by atoms with Gasteiger partial charge in [-0.1, -0.05) is 57.6 Å². The van der Waals surface area contributed by atoms with E-state index in [4.69, 9.17) is 0 Å². The fourth-order valence-corrected chi connectivity index (χ4v) is 3.34. The normalized spacial score (nSPS) is 11.0. The average molecular weight is 372 g/mol. The maximum absolute atomic E-state index is 4.56. The van der Waals surface area contributed by atoms with Crippen molar-refractivity contribution in [3.05, 3.63) is 59.1 Å². The highest BCUT2D eigenvalue weighted by atomic mass is 79.9. The zero-order chi connectivity index (χ0) is 14.9. The maximum Gasteiger partial charge on any atom is 0.236 e. The van der Waals surface area contributed by atoms with E-state index >= 15 is 0 Å². The Labute approximate surface area is 138 Å². The van der Waals surface area contributed by atoms with Crippen molar-refractivity contribution < 1.29 is 0 Å². The smallest absolute Gasteiger partial charge is 0.236 e. The van der Waals surface area contributed by atoms with Crippen molar-refractivity contribution in [1.82, 2.24) is 19.8 Å². The van der Waals surface area contributed by atoms with Crippen LogP contribution in [-0.2, 0) is 0 Å². The van der Waals surface area contributed by atoms with Gasteiger partial charge in [0.1, 0.15) is 0 Å². The van der Waals surface area contributed by atoms with Gasteiger partial charge >= 0.3 is 0 Å². The summed E-state index contributed by atoms with van der Waals surface area (Å²) in [6, 6.07) is 17.8. The summed E-state index contributed by atoms with van der Waals surface area (Å²) < 4.78 is 2.73. The van der Waals surface area contributed by atoms with Crippen molar-refractivity contribution in [1.29, 1.82) is 0 Å². The van der Waals surface area contributed by atoms with Crippen LogP contribution in [0, 0.1) is 0 Å². The molecule has 0 bridgehead atoms. The maximum atomic E-state index is 4.56. The van der Waals surface area contributed by atoms with Crippen molar-refractivity contribution in [2.24, 2.45) is 0 Å². The Kier molecular flexibility index (Phi) is 3.36. The Bertz CT molecular complexity index is 931. The number of benzene rings is 2. The number of fused-ring (bicyclic) bond motifs is 1. The highest BCUT2D eigenvalue weighted by Gasteiger charge is 2.15. The lowest BCUT2D eigenvalue weighted by Crippen LogP contribution is -1.94. The number of anilines is 2. The van der Waals surface area contributed by atoms with Crippen molar-refractivity contribution in [2.45, 2.75) is 0 Å². The van der Waals surface area contributed by atoms with E-state index in [-0.39, 0.29) is 0 Å². The van der Waals surface area contributed by atoms with Crippen LogP contribution in [0.4, 0.5) is 10.8 Å². The number of hydrogen-bond donors (Lipinski definition) is 1. The van der Waals surface area contributed by atoms with Gasteiger partial charge in [-0.15, -0.1) is 15.3 Å². The second-order valence-electron chi connectivity index (χ2n) is 4.60. The van der Waals surface area contributed by atoms with Gasteiger partial charge in [-0.2, -0.15) is 4.52 Å². The summed E-state index contributed by atoms with van der Waals surface area (Å²) in [6.45, 7) is 0. The predicted molar refractivity (Wildman–Crippen MR) is 91.5 cm³/mol. The van der Waals surface area contributed by atoms with Gasteiger partial charge < -0.3 is 5.32 Å². The van der Waals surface area contributed by atoms with Gasteiger partial charge in [0.25, 0.3) is 0 Å². The molecule has 7 heteroatoms. The highest BCUT2D eigenvalue weighted by molar-refractivity contribution is 9.10. The zero-order valence-corrected chi connectivity index (χ0v) is 13.7. The van der Waals surface area contributed by atoms with Gasteiger partial charge in [0, 0.05) is 15.7 Å². The third kappa shape index (κ3) is 2.38. The number of para-hydroxylation sites is 1. The van der Waals surface area contributed by atoms with Gasteiger partial charge in [-0.3, -0.25) is 0 Å². The van der Waals surface area contributed by atoms with E-state index in [0.717, 1.165) is 31.6 Å². The summed E-state index contributed by atoms with van der Waals surface area (Å²) in [7, 11) is 0. The molecule has 0 spiro atoms. The Morgan fingerprint density at radius 1 is 0.955 bits per heavy atom. The molecule has 0 atom stereocenters. The molecule has 0 aliphatic heterocycles. The van der Waals surface area contributed by atoms with E-state index in [0.29, 0.717) is 0 Å². The molecular weight excluding hydrogens is 362 g/mol. The topological polar surface area (TPSA) is 55.1 Å². The molecule has 5 nitrogen and oxygen atoms in total. The van der Waals surface area contributed by atoms with Gasteiger partial charge in [-0.05, 0) is 24.3 Å². The van der Waals surface area contributed by atoms with Gasteiger partial charge in [-0.25, -0.2) is 0 Å². The van der Waals surface area contributed by atoms with Crippen molar-refractivity contribution in [2.75, 3.05) is 5.32 Å². The number of halogens is 1. The van der Waals surface area contributed by atoms with Crippen molar-refractivity contribution >= 4 is 43.0 Å². The molecule has 0 aliphatic rings. The fraction of sp³-hybridized carbons (Fsp3) is 0. The number of aromatic nitrogens is 4. The predicted octanol–water partition coefficient (Wildman–Crippen LogP) is 4.36. The number of hydrogen-bond acceptors (Lipinski definition) is 5. The van der Waals surface area contributed by atoms with Gasteiger partial charge in [0.2, 0.25) is 10.1 Å². The summed E-state index contributed by atoms with van der Waals surface area (Å²) in [6.07, 6.45) is 0. The Morgan fingerprint density at radius 3 is 2.55 bits per heavy atom. The first-order valence-corrected chi connectivity index (χ1v) is 8.21. The molecule has 2 aromatic carbocycles. The van der Waals surface area contributed by atoms with Crippen LogP contribution in [0.25, 0.3) is 16.3 Å². The van der Waals surface area contributed by atoms with Crippen LogP contribution in [0.1, 0.15) is 0 Å². The minimum atomic E-state index is 0.722. The first-order valence-electron chi connectivity index (χ1n) is 6.60. The molecule has 2 aromatic heterocycles. The van der Waals surface area contributed by atoms with E-state index < -0.39 is 0 Å². The Morgan fingerprint density at radius 2 is 1.73 bits per heavy atom. The molecule has 1 N–H and O–H groups in total. The van der Waals surface area contributed by atoms with Gasteiger partial charge in [0.05, 0.1) is 0 Å². The monoisotopic (exact) mass is 371 g/mol. The molecule has 0 aliphatic carbocycles. The first-order chi connectivity index (χ1) is 10.8. The largest absolute Gasteiger partial charge is 0.330 e. The van der Waals surface area contributed by atoms with Crippen LogP contribution in [0.5, 0.6) is 0 Å². The summed E-state index contributed by atoms with van der Waals surface area (Å²) in [5, 5.41) is 17.1. The third-order valence-electron chi connectivity index (χ3n) is 3.13. The summed E-state index contributed by atoms with van der Waals surface area (Å²) in [5.74, 6) is 0.722. The summed E-state index contributed by atoms with van der Waals surface area (Å²) >= 11 is 5.01. The molecular formula is C15H10BrN5S. The lowest BCUT2D eigenvalue weighted by Gasteiger charge is -2.01. The lowest BCUT2D eigenvalue weighted by atomic mass is 10.2. The second kappa shape index (κ2) is 5.51. The molecule has 4 rings (SSSR count).